The van der Waals surface area contributed by atoms with Gasteiger partial charge >= 0.3 is 0 Å². The van der Waals surface area contributed by atoms with Crippen LogP contribution in [0.15, 0.2) is 54.6 Å². The monoisotopic (exact) mass is 222 g/mol. The molecule has 82 valence electrons. The molecule has 2 rings (SSSR count). The van der Waals surface area contributed by atoms with Gasteiger partial charge in [-0.1, -0.05) is 18.2 Å². The molecule has 0 atom stereocenters. The van der Waals surface area contributed by atoms with Gasteiger partial charge in [-0.2, -0.15) is 10.0 Å². The summed E-state index contributed by atoms with van der Waals surface area (Å²) in [7, 11) is 0. The molecule has 0 aromatic heterocycles. The zero-order valence-electron chi connectivity index (χ0n) is 9.08. The van der Waals surface area contributed by atoms with E-state index in [1.807, 2.05) is 24.3 Å². The molecule has 0 saturated heterocycles. The molecule has 0 spiro atoms. The molecular weight excluding hydrogens is 212 g/mol. The SMILES string of the molecule is N#Cc1ccc(/C=[N+](\[O-])c2ccccc2)cc1. The highest BCUT2D eigenvalue weighted by Gasteiger charge is 2.00. The van der Waals surface area contributed by atoms with Crippen molar-refractivity contribution < 1.29 is 4.74 Å². The Morgan fingerprint density at radius 3 is 2.24 bits per heavy atom. The summed E-state index contributed by atoms with van der Waals surface area (Å²) in [6.07, 6.45) is 1.48. The minimum atomic E-state index is 0.580. The Hall–Kier alpha value is -2.60. The molecular formula is C14H10N2O. The van der Waals surface area contributed by atoms with Crippen LogP contribution >= 0.6 is 0 Å². The molecule has 0 radical (unpaired) electrons. The average molecular weight is 222 g/mol. The summed E-state index contributed by atoms with van der Waals surface area (Å²) >= 11 is 0. The van der Waals surface area contributed by atoms with Crippen LogP contribution in [-0.2, 0) is 0 Å². The minimum absolute atomic E-state index is 0.580. The van der Waals surface area contributed by atoms with E-state index in [1.54, 1.807) is 36.4 Å². The summed E-state index contributed by atoms with van der Waals surface area (Å²) in [5.74, 6) is 0. The molecule has 17 heavy (non-hydrogen) atoms. The van der Waals surface area contributed by atoms with Crippen LogP contribution in [0.5, 0.6) is 0 Å². The molecule has 3 heteroatoms. The lowest BCUT2D eigenvalue weighted by atomic mass is 10.2. The molecule has 0 aliphatic heterocycles. The number of nitrogens with zero attached hydrogens (tertiary/aromatic N) is 2. The Bertz CT molecular complexity index is 565. The Morgan fingerprint density at radius 1 is 1.00 bits per heavy atom. The third-order valence-corrected chi connectivity index (χ3v) is 2.32. The molecule has 2 aromatic rings. The van der Waals surface area contributed by atoms with E-state index in [0.29, 0.717) is 11.3 Å². The maximum absolute atomic E-state index is 11.8. The molecule has 2 aromatic carbocycles. The first-order valence-corrected chi connectivity index (χ1v) is 5.16. The first-order valence-electron chi connectivity index (χ1n) is 5.16. The summed E-state index contributed by atoms with van der Waals surface area (Å²) in [5, 5.41) is 20.4. The second-order valence-corrected chi connectivity index (χ2v) is 3.52. The van der Waals surface area contributed by atoms with Gasteiger partial charge in [-0.05, 0) is 24.3 Å². The first kappa shape index (κ1) is 10.9. The Labute approximate surface area is 99.5 Å². The van der Waals surface area contributed by atoms with Gasteiger partial charge in [-0.15, -0.1) is 0 Å². The largest absolute Gasteiger partial charge is 0.618 e. The molecule has 0 aliphatic rings. The van der Waals surface area contributed by atoms with Crippen LogP contribution in [0, 0.1) is 16.5 Å². The van der Waals surface area contributed by atoms with Crippen LogP contribution < -0.4 is 0 Å². The van der Waals surface area contributed by atoms with Crippen molar-refractivity contribution >= 4 is 11.9 Å². The van der Waals surface area contributed by atoms with Crippen molar-refractivity contribution in [2.75, 3.05) is 0 Å². The van der Waals surface area contributed by atoms with E-state index in [2.05, 4.69) is 0 Å². The zero-order valence-corrected chi connectivity index (χ0v) is 9.08. The van der Waals surface area contributed by atoms with Gasteiger partial charge in [0, 0.05) is 17.7 Å². The normalized spacial score (nSPS) is 10.9. The number of hydrogen-bond donors (Lipinski definition) is 0. The fourth-order valence-corrected chi connectivity index (χ4v) is 1.43. The van der Waals surface area contributed by atoms with Gasteiger partial charge in [0.05, 0.1) is 11.6 Å². The number of nitriles is 1. The van der Waals surface area contributed by atoms with E-state index in [9.17, 15) is 5.21 Å². The smallest absolute Gasteiger partial charge is 0.216 e. The zero-order chi connectivity index (χ0) is 12.1. The summed E-state index contributed by atoms with van der Waals surface area (Å²) in [6.45, 7) is 0. The van der Waals surface area contributed by atoms with Crippen LogP contribution in [-0.4, -0.2) is 11.0 Å². The topological polar surface area (TPSA) is 49.9 Å². The molecule has 0 fully saturated rings. The lowest BCUT2D eigenvalue weighted by molar-refractivity contribution is -0.354. The van der Waals surface area contributed by atoms with E-state index < -0.39 is 0 Å². The quantitative estimate of drug-likeness (QED) is 0.339. The fourth-order valence-electron chi connectivity index (χ4n) is 1.43. The number of rotatable bonds is 2. The second kappa shape index (κ2) is 4.95. The maximum atomic E-state index is 11.8. The third-order valence-electron chi connectivity index (χ3n) is 2.32. The van der Waals surface area contributed by atoms with Crippen molar-refractivity contribution in [2.45, 2.75) is 0 Å². The highest BCUT2D eigenvalue weighted by molar-refractivity contribution is 5.76. The molecule has 0 bridgehead atoms. The van der Waals surface area contributed by atoms with E-state index >= 15 is 0 Å². The molecule has 0 unspecified atom stereocenters. The summed E-state index contributed by atoms with van der Waals surface area (Å²) in [6, 6.07) is 17.9. The summed E-state index contributed by atoms with van der Waals surface area (Å²) in [4.78, 5) is 0. The molecule has 0 saturated carbocycles. The Balaban J connectivity index is 2.27. The van der Waals surface area contributed by atoms with E-state index in [4.69, 9.17) is 5.26 Å². The van der Waals surface area contributed by atoms with Crippen molar-refractivity contribution in [3.8, 4) is 6.07 Å². The van der Waals surface area contributed by atoms with Crippen molar-refractivity contribution in [3.05, 3.63) is 70.9 Å². The number of benzene rings is 2. The average Bonchev–Trinajstić information content (AvgIpc) is 2.40. The molecule has 3 nitrogen and oxygen atoms in total. The molecule has 0 aliphatic carbocycles. The van der Waals surface area contributed by atoms with Gasteiger partial charge in [0.1, 0.15) is 0 Å². The van der Waals surface area contributed by atoms with Gasteiger partial charge in [0.15, 0.2) is 6.21 Å². The van der Waals surface area contributed by atoms with E-state index in [-0.39, 0.29) is 0 Å². The van der Waals surface area contributed by atoms with Crippen molar-refractivity contribution in [3.63, 3.8) is 0 Å². The Morgan fingerprint density at radius 2 is 1.65 bits per heavy atom. The fraction of sp³-hybridized carbons (Fsp3) is 0. The van der Waals surface area contributed by atoms with Crippen LogP contribution in [0.25, 0.3) is 0 Å². The number of hydrogen-bond acceptors (Lipinski definition) is 2. The minimum Gasteiger partial charge on any atom is -0.618 e. The van der Waals surface area contributed by atoms with Crippen molar-refractivity contribution in [2.24, 2.45) is 0 Å². The third kappa shape index (κ3) is 2.70. The van der Waals surface area contributed by atoms with Crippen LogP contribution in [0.2, 0.25) is 0 Å². The maximum Gasteiger partial charge on any atom is 0.216 e. The predicted molar refractivity (Wildman–Crippen MR) is 66.1 cm³/mol. The van der Waals surface area contributed by atoms with Crippen molar-refractivity contribution in [1.82, 2.24) is 0 Å². The second-order valence-electron chi connectivity index (χ2n) is 3.52. The van der Waals surface area contributed by atoms with Gasteiger partial charge < -0.3 is 5.21 Å². The van der Waals surface area contributed by atoms with Crippen LogP contribution in [0.4, 0.5) is 5.69 Å². The highest BCUT2D eigenvalue weighted by Crippen LogP contribution is 2.09. The summed E-state index contributed by atoms with van der Waals surface area (Å²) in [5.41, 5.74) is 1.93. The van der Waals surface area contributed by atoms with Gasteiger partial charge in [-0.3, -0.25) is 0 Å². The molecule has 0 amide bonds. The predicted octanol–water partition coefficient (Wildman–Crippen LogP) is 2.82. The lowest BCUT2D eigenvalue weighted by Gasteiger charge is -2.02. The number of para-hydroxylation sites is 1. The van der Waals surface area contributed by atoms with E-state index in [0.717, 1.165) is 10.3 Å². The molecule has 0 N–H and O–H groups in total. The van der Waals surface area contributed by atoms with Gasteiger partial charge in [0.2, 0.25) is 5.69 Å². The van der Waals surface area contributed by atoms with Crippen molar-refractivity contribution in [1.29, 1.82) is 5.26 Å². The first-order chi connectivity index (χ1) is 8.29. The van der Waals surface area contributed by atoms with Gasteiger partial charge in [0.25, 0.3) is 0 Å². The van der Waals surface area contributed by atoms with Crippen LogP contribution in [0.3, 0.4) is 0 Å². The highest BCUT2D eigenvalue weighted by atomic mass is 16.5. The van der Waals surface area contributed by atoms with Gasteiger partial charge in [-0.25, -0.2) is 0 Å². The van der Waals surface area contributed by atoms with E-state index in [1.165, 1.54) is 6.21 Å². The standard InChI is InChI=1S/C14H10N2O/c15-10-12-6-8-13(9-7-12)11-16(17)14-4-2-1-3-5-14/h1-9,11H/b16-11-. The van der Waals surface area contributed by atoms with Crippen LogP contribution in [0.1, 0.15) is 11.1 Å². The lowest BCUT2D eigenvalue weighted by Crippen LogP contribution is -1.98. The Kier molecular flexibility index (Phi) is 3.18. The molecule has 0 heterocycles. The summed E-state index contributed by atoms with van der Waals surface area (Å²) < 4.78 is 0.807.